The van der Waals surface area contributed by atoms with Crippen molar-refractivity contribution in [3.05, 3.63) is 62.3 Å². The van der Waals surface area contributed by atoms with Gasteiger partial charge in [0.25, 0.3) is 0 Å². The number of hydrogen-bond acceptors (Lipinski definition) is 6. The molecule has 0 saturated heterocycles. The monoisotopic (exact) mass is 400 g/mol. The molecule has 3 aromatic rings. The Morgan fingerprint density at radius 1 is 1.11 bits per heavy atom. The number of nitrogens with zero attached hydrogens (tertiary/aromatic N) is 2. The number of para-hydroxylation sites is 1. The fourth-order valence-electron chi connectivity index (χ4n) is 2.77. The smallest absolute Gasteiger partial charge is 0.348 e. The molecule has 0 radical (unpaired) electrons. The quantitative estimate of drug-likeness (QED) is 0.554. The number of esters is 1. The van der Waals surface area contributed by atoms with Crippen LogP contribution in [0.1, 0.15) is 38.3 Å². The van der Waals surface area contributed by atoms with Crippen molar-refractivity contribution in [1.29, 1.82) is 0 Å². The van der Waals surface area contributed by atoms with Gasteiger partial charge in [0.1, 0.15) is 11.5 Å². The Hall–Kier alpha value is -2.51. The van der Waals surface area contributed by atoms with Crippen LogP contribution in [0.15, 0.2) is 35.7 Å². The second kappa shape index (κ2) is 8.02. The molecule has 7 heteroatoms. The Kier molecular flexibility index (Phi) is 5.72. The topological polar surface area (TPSA) is 59.5 Å². The van der Waals surface area contributed by atoms with E-state index in [1.807, 2.05) is 50.4 Å². The summed E-state index contributed by atoms with van der Waals surface area (Å²) < 4.78 is 5.35. The van der Waals surface area contributed by atoms with Gasteiger partial charge in [0.15, 0.2) is 5.13 Å². The number of benzene rings is 1. The highest BCUT2D eigenvalue weighted by Crippen LogP contribution is 2.33. The van der Waals surface area contributed by atoms with Crippen LogP contribution in [0.5, 0.6) is 0 Å². The first-order chi connectivity index (χ1) is 12.9. The molecular formula is C20H20N2O3S2. The summed E-state index contributed by atoms with van der Waals surface area (Å²) >= 11 is 2.76. The van der Waals surface area contributed by atoms with E-state index in [0.29, 0.717) is 15.7 Å². The summed E-state index contributed by atoms with van der Waals surface area (Å²) in [5.41, 5.74) is 3.47. The van der Waals surface area contributed by atoms with Crippen molar-refractivity contribution >= 4 is 45.4 Å². The number of anilines is 2. The maximum atomic E-state index is 12.3. The number of ether oxygens (including phenoxy) is 1. The number of rotatable bonds is 5. The van der Waals surface area contributed by atoms with E-state index in [9.17, 15) is 9.59 Å². The molecular weight excluding hydrogens is 380 g/mol. The summed E-state index contributed by atoms with van der Waals surface area (Å²) in [6.07, 6.45) is 0. The third-order valence-electron chi connectivity index (χ3n) is 4.00. The zero-order valence-corrected chi connectivity index (χ0v) is 17.2. The standard InChI is InChI=1S/C20H20N2O3S2/c1-12-6-5-7-13(2)18(12)22(15(4)23)20-21-16(11-26-20)10-25-19(24)17-9-8-14(3)27-17/h5-9,11H,10H2,1-4H3. The molecule has 0 unspecified atom stereocenters. The summed E-state index contributed by atoms with van der Waals surface area (Å²) in [5.74, 6) is -0.472. The molecule has 0 aliphatic heterocycles. The summed E-state index contributed by atoms with van der Waals surface area (Å²) in [7, 11) is 0. The van der Waals surface area contributed by atoms with Gasteiger partial charge in [0.2, 0.25) is 5.91 Å². The van der Waals surface area contributed by atoms with Crippen molar-refractivity contribution in [2.45, 2.75) is 34.3 Å². The molecule has 0 fully saturated rings. The zero-order chi connectivity index (χ0) is 19.6. The third-order valence-corrected chi connectivity index (χ3v) is 5.86. The fourth-order valence-corrected chi connectivity index (χ4v) is 4.38. The van der Waals surface area contributed by atoms with Gasteiger partial charge in [-0.05, 0) is 44.0 Å². The minimum atomic E-state index is -0.360. The minimum absolute atomic E-state index is 0.0742. The van der Waals surface area contributed by atoms with Crippen molar-refractivity contribution < 1.29 is 14.3 Å². The molecule has 1 aromatic carbocycles. The lowest BCUT2D eigenvalue weighted by molar-refractivity contribution is -0.115. The van der Waals surface area contributed by atoms with Crippen molar-refractivity contribution in [2.24, 2.45) is 0 Å². The molecule has 2 heterocycles. The zero-order valence-electron chi connectivity index (χ0n) is 15.6. The van der Waals surface area contributed by atoms with E-state index in [-0.39, 0.29) is 18.5 Å². The number of hydrogen-bond donors (Lipinski definition) is 0. The van der Waals surface area contributed by atoms with Crippen molar-refractivity contribution in [1.82, 2.24) is 4.98 Å². The van der Waals surface area contributed by atoms with E-state index < -0.39 is 0 Å². The van der Waals surface area contributed by atoms with E-state index in [2.05, 4.69) is 4.98 Å². The Morgan fingerprint density at radius 3 is 2.41 bits per heavy atom. The number of amides is 1. The fraction of sp³-hybridized carbons (Fsp3) is 0.250. The number of aryl methyl sites for hydroxylation is 3. The molecule has 0 atom stereocenters. The van der Waals surface area contributed by atoms with Crippen molar-refractivity contribution in [3.8, 4) is 0 Å². The summed E-state index contributed by atoms with van der Waals surface area (Å²) in [6, 6.07) is 9.55. The van der Waals surface area contributed by atoms with Gasteiger partial charge in [-0.25, -0.2) is 9.78 Å². The van der Waals surface area contributed by atoms with E-state index in [1.165, 1.54) is 29.6 Å². The minimum Gasteiger partial charge on any atom is -0.455 e. The lowest BCUT2D eigenvalue weighted by atomic mass is 10.1. The maximum Gasteiger partial charge on any atom is 0.348 e. The molecule has 27 heavy (non-hydrogen) atoms. The number of thiazole rings is 1. The largest absolute Gasteiger partial charge is 0.455 e. The Morgan fingerprint density at radius 2 is 1.81 bits per heavy atom. The van der Waals surface area contributed by atoms with Crippen LogP contribution in [0.2, 0.25) is 0 Å². The van der Waals surface area contributed by atoms with E-state index >= 15 is 0 Å². The van der Waals surface area contributed by atoms with Gasteiger partial charge < -0.3 is 4.74 Å². The average molecular weight is 401 g/mol. The SMILES string of the molecule is CC(=O)N(c1nc(COC(=O)c2ccc(C)s2)cs1)c1c(C)cccc1C. The molecule has 140 valence electrons. The number of thiophene rings is 1. The van der Waals surface area contributed by atoms with Gasteiger partial charge in [0, 0.05) is 17.2 Å². The van der Waals surface area contributed by atoms with Gasteiger partial charge in [0.05, 0.1) is 11.4 Å². The van der Waals surface area contributed by atoms with E-state index in [4.69, 9.17) is 4.74 Å². The second-order valence-electron chi connectivity index (χ2n) is 6.20. The highest BCUT2D eigenvalue weighted by atomic mass is 32.1. The first kappa shape index (κ1) is 19.3. The second-order valence-corrected chi connectivity index (χ2v) is 8.33. The van der Waals surface area contributed by atoms with Crippen LogP contribution in [0.25, 0.3) is 0 Å². The summed E-state index contributed by atoms with van der Waals surface area (Å²) in [5, 5.41) is 2.38. The van der Waals surface area contributed by atoms with Crippen molar-refractivity contribution in [3.63, 3.8) is 0 Å². The number of carbonyl (C=O) groups excluding carboxylic acids is 2. The molecule has 0 bridgehead atoms. The first-order valence-electron chi connectivity index (χ1n) is 8.41. The molecule has 0 aliphatic carbocycles. The lowest BCUT2D eigenvalue weighted by Crippen LogP contribution is -2.24. The lowest BCUT2D eigenvalue weighted by Gasteiger charge is -2.22. The number of carbonyl (C=O) groups is 2. The van der Waals surface area contributed by atoms with Crippen LogP contribution in [0, 0.1) is 20.8 Å². The summed E-state index contributed by atoms with van der Waals surface area (Å²) in [6.45, 7) is 7.48. The average Bonchev–Trinajstić information content (AvgIpc) is 3.25. The van der Waals surface area contributed by atoms with Gasteiger partial charge in [-0.15, -0.1) is 22.7 Å². The molecule has 1 amide bonds. The predicted octanol–water partition coefficient (Wildman–Crippen LogP) is 5.17. The summed E-state index contributed by atoms with van der Waals surface area (Å²) in [4.78, 5) is 32.2. The van der Waals surface area contributed by atoms with Gasteiger partial charge in [-0.2, -0.15) is 0 Å². The van der Waals surface area contributed by atoms with Gasteiger partial charge in [-0.1, -0.05) is 18.2 Å². The van der Waals surface area contributed by atoms with E-state index in [0.717, 1.165) is 21.7 Å². The van der Waals surface area contributed by atoms with Crippen LogP contribution >= 0.6 is 22.7 Å². The molecule has 0 N–H and O–H groups in total. The van der Waals surface area contributed by atoms with Crippen LogP contribution in [-0.4, -0.2) is 16.9 Å². The number of aromatic nitrogens is 1. The van der Waals surface area contributed by atoms with E-state index in [1.54, 1.807) is 11.0 Å². The van der Waals surface area contributed by atoms with Crippen molar-refractivity contribution in [2.75, 3.05) is 4.90 Å². The Labute approximate surface area is 166 Å². The Balaban J connectivity index is 1.78. The molecule has 5 nitrogen and oxygen atoms in total. The normalized spacial score (nSPS) is 10.7. The molecule has 0 aliphatic rings. The third kappa shape index (κ3) is 4.26. The molecule has 3 rings (SSSR count). The Bertz CT molecular complexity index is 971. The van der Waals surface area contributed by atoms with Crippen LogP contribution in [0.4, 0.5) is 10.8 Å². The molecule has 2 aromatic heterocycles. The highest BCUT2D eigenvalue weighted by Gasteiger charge is 2.21. The maximum absolute atomic E-state index is 12.3. The highest BCUT2D eigenvalue weighted by molar-refractivity contribution is 7.14. The first-order valence-corrected chi connectivity index (χ1v) is 10.1. The van der Waals surface area contributed by atoms with Gasteiger partial charge in [-0.3, -0.25) is 9.69 Å². The van der Waals surface area contributed by atoms with Crippen LogP contribution in [-0.2, 0) is 16.1 Å². The predicted molar refractivity (Wildman–Crippen MR) is 109 cm³/mol. The molecule has 0 saturated carbocycles. The molecule has 0 spiro atoms. The van der Waals surface area contributed by atoms with Gasteiger partial charge >= 0.3 is 5.97 Å². The van der Waals surface area contributed by atoms with Crippen LogP contribution < -0.4 is 4.90 Å². The van der Waals surface area contributed by atoms with Crippen LogP contribution in [0.3, 0.4) is 0 Å².